The number of para-hydroxylation sites is 1. The van der Waals surface area contributed by atoms with Crippen LogP contribution in [0.25, 0.3) is 0 Å². The van der Waals surface area contributed by atoms with Gasteiger partial charge < -0.3 is 14.1 Å². The number of nitrogens with zero attached hydrogens (tertiary/aromatic N) is 1. The van der Waals surface area contributed by atoms with Crippen LogP contribution in [-0.2, 0) is 0 Å². The zero-order valence-corrected chi connectivity index (χ0v) is 14.0. The first-order valence-electron chi connectivity index (χ1n) is 8.31. The van der Waals surface area contributed by atoms with E-state index >= 15 is 0 Å². The van der Waals surface area contributed by atoms with Gasteiger partial charge in [0, 0.05) is 31.1 Å². The molecule has 1 atom stereocenters. The van der Waals surface area contributed by atoms with E-state index < -0.39 is 5.82 Å². The van der Waals surface area contributed by atoms with Gasteiger partial charge in [0.25, 0.3) is 5.91 Å². The molecule has 1 aromatic carbocycles. The van der Waals surface area contributed by atoms with E-state index in [2.05, 4.69) is 0 Å². The van der Waals surface area contributed by atoms with Crippen LogP contribution in [0.5, 0.6) is 5.75 Å². The van der Waals surface area contributed by atoms with E-state index in [1.165, 1.54) is 18.2 Å². The Morgan fingerprint density at radius 2 is 2.16 bits per heavy atom. The minimum absolute atomic E-state index is 0.0562. The van der Waals surface area contributed by atoms with Gasteiger partial charge in [0.1, 0.15) is 5.76 Å². The molecule has 0 aliphatic carbocycles. The number of carbonyl (C=O) groups excluding carboxylic acids is 1. The molecule has 0 spiro atoms. The molecule has 2 heterocycles. The molecule has 1 amide bonds. The van der Waals surface area contributed by atoms with Crippen LogP contribution in [-0.4, -0.2) is 30.5 Å². The van der Waals surface area contributed by atoms with Crippen LogP contribution in [0.15, 0.2) is 45.6 Å². The molecule has 1 saturated heterocycles. The van der Waals surface area contributed by atoms with Crippen molar-refractivity contribution in [3.8, 4) is 5.75 Å². The Morgan fingerprint density at radius 3 is 2.92 bits per heavy atom. The molecule has 3 rings (SSSR count). The van der Waals surface area contributed by atoms with Gasteiger partial charge >= 0.3 is 0 Å². The molecule has 132 valence electrons. The Hall–Kier alpha value is -2.63. The molecule has 0 saturated carbocycles. The smallest absolute Gasteiger partial charge is 0.289 e. The summed E-state index contributed by atoms with van der Waals surface area (Å²) >= 11 is 0. The number of hydrogen-bond donors (Lipinski definition) is 0. The van der Waals surface area contributed by atoms with Gasteiger partial charge in [-0.15, -0.1) is 0 Å². The van der Waals surface area contributed by atoms with Crippen LogP contribution in [0, 0.1) is 18.7 Å². The SMILES string of the molecule is Cc1cc(=O)cc(C(=O)N2CCC[C@@H](COc3ccccc3F)C2)o1. The molecular weight excluding hydrogens is 325 g/mol. The Balaban J connectivity index is 1.63. The van der Waals surface area contributed by atoms with Crippen molar-refractivity contribution in [2.45, 2.75) is 19.8 Å². The van der Waals surface area contributed by atoms with Crippen LogP contribution in [0.3, 0.4) is 0 Å². The average Bonchev–Trinajstić information content (AvgIpc) is 2.60. The van der Waals surface area contributed by atoms with Crippen LogP contribution in [0.4, 0.5) is 4.39 Å². The average molecular weight is 345 g/mol. The Bertz CT molecular complexity index is 817. The summed E-state index contributed by atoms with van der Waals surface area (Å²) in [5.74, 6) is 0.0987. The number of hydrogen-bond acceptors (Lipinski definition) is 4. The summed E-state index contributed by atoms with van der Waals surface area (Å²) in [6.07, 6.45) is 1.73. The molecule has 0 unspecified atom stereocenters. The van der Waals surface area contributed by atoms with Crippen molar-refractivity contribution in [2.24, 2.45) is 5.92 Å². The molecular formula is C19H20FNO4. The Kier molecular flexibility index (Phi) is 5.16. The number of benzene rings is 1. The maximum absolute atomic E-state index is 13.6. The van der Waals surface area contributed by atoms with Crippen LogP contribution in [0.2, 0.25) is 0 Å². The Labute approximate surface area is 145 Å². The highest BCUT2D eigenvalue weighted by atomic mass is 19.1. The van der Waals surface area contributed by atoms with Gasteiger partial charge in [0.15, 0.2) is 22.8 Å². The van der Waals surface area contributed by atoms with E-state index in [4.69, 9.17) is 9.15 Å². The highest BCUT2D eigenvalue weighted by molar-refractivity contribution is 5.91. The van der Waals surface area contributed by atoms with E-state index in [9.17, 15) is 14.0 Å². The number of halogens is 1. The summed E-state index contributed by atoms with van der Waals surface area (Å²) in [5, 5.41) is 0. The summed E-state index contributed by atoms with van der Waals surface area (Å²) in [7, 11) is 0. The summed E-state index contributed by atoms with van der Waals surface area (Å²) in [6, 6.07) is 8.83. The number of piperidine rings is 1. The van der Waals surface area contributed by atoms with Crippen molar-refractivity contribution in [3.63, 3.8) is 0 Å². The van der Waals surface area contributed by atoms with Gasteiger partial charge in [-0.3, -0.25) is 9.59 Å². The molecule has 6 heteroatoms. The monoisotopic (exact) mass is 345 g/mol. The van der Waals surface area contributed by atoms with Crippen molar-refractivity contribution in [2.75, 3.05) is 19.7 Å². The van der Waals surface area contributed by atoms with Gasteiger partial charge in [-0.1, -0.05) is 12.1 Å². The number of amides is 1. The minimum atomic E-state index is -0.396. The molecule has 0 bridgehead atoms. The van der Waals surface area contributed by atoms with E-state index in [0.717, 1.165) is 12.8 Å². The van der Waals surface area contributed by atoms with Crippen molar-refractivity contribution in [3.05, 3.63) is 64.0 Å². The van der Waals surface area contributed by atoms with Crippen LogP contribution in [0.1, 0.15) is 29.2 Å². The predicted molar refractivity (Wildman–Crippen MR) is 90.2 cm³/mol. The molecule has 0 N–H and O–H groups in total. The second kappa shape index (κ2) is 7.51. The lowest BCUT2D eigenvalue weighted by atomic mass is 9.98. The largest absolute Gasteiger partial charge is 0.490 e. The fraction of sp³-hybridized carbons (Fsp3) is 0.368. The summed E-state index contributed by atoms with van der Waals surface area (Å²) in [6.45, 7) is 3.07. The molecule has 5 nitrogen and oxygen atoms in total. The van der Waals surface area contributed by atoms with Crippen molar-refractivity contribution >= 4 is 5.91 Å². The molecule has 1 aliphatic rings. The second-order valence-corrected chi connectivity index (χ2v) is 6.27. The number of carbonyl (C=O) groups is 1. The fourth-order valence-electron chi connectivity index (χ4n) is 3.02. The third-order valence-corrected chi connectivity index (χ3v) is 4.22. The van der Waals surface area contributed by atoms with Gasteiger partial charge in [-0.2, -0.15) is 0 Å². The van der Waals surface area contributed by atoms with Gasteiger partial charge in [-0.05, 0) is 31.9 Å². The first-order valence-corrected chi connectivity index (χ1v) is 8.31. The van der Waals surface area contributed by atoms with Gasteiger partial charge in [0.2, 0.25) is 0 Å². The molecule has 25 heavy (non-hydrogen) atoms. The topological polar surface area (TPSA) is 59.8 Å². The van der Waals surface area contributed by atoms with Crippen LogP contribution >= 0.6 is 0 Å². The molecule has 1 aliphatic heterocycles. The maximum atomic E-state index is 13.6. The zero-order chi connectivity index (χ0) is 17.8. The molecule has 1 aromatic heterocycles. The highest BCUT2D eigenvalue weighted by Gasteiger charge is 2.26. The Morgan fingerprint density at radius 1 is 1.36 bits per heavy atom. The third kappa shape index (κ3) is 4.26. The quantitative estimate of drug-likeness (QED) is 0.855. The van der Waals surface area contributed by atoms with E-state index in [1.54, 1.807) is 30.0 Å². The lowest BCUT2D eigenvalue weighted by Gasteiger charge is -2.32. The number of ether oxygens (including phenoxy) is 1. The standard InChI is InChI=1S/C19H20FNO4/c1-13-9-15(22)10-18(25-13)19(23)21-8-4-5-14(11-21)12-24-17-7-3-2-6-16(17)20/h2-3,6-7,9-10,14H,4-5,8,11-12H2,1H3/t14-/m1/s1. The third-order valence-electron chi connectivity index (χ3n) is 4.22. The van der Waals surface area contributed by atoms with E-state index in [1.807, 2.05) is 0 Å². The zero-order valence-electron chi connectivity index (χ0n) is 14.0. The second-order valence-electron chi connectivity index (χ2n) is 6.27. The van der Waals surface area contributed by atoms with Crippen molar-refractivity contribution in [1.29, 1.82) is 0 Å². The fourth-order valence-corrected chi connectivity index (χ4v) is 3.02. The summed E-state index contributed by atoms with van der Waals surface area (Å²) < 4.78 is 24.6. The lowest BCUT2D eigenvalue weighted by Crippen LogP contribution is -2.41. The first kappa shape index (κ1) is 17.2. The van der Waals surface area contributed by atoms with Gasteiger partial charge in [0.05, 0.1) is 6.61 Å². The lowest BCUT2D eigenvalue weighted by molar-refractivity contribution is 0.0596. The molecule has 1 fully saturated rings. The summed E-state index contributed by atoms with van der Waals surface area (Å²) in [4.78, 5) is 25.8. The number of aryl methyl sites for hydroxylation is 1. The normalized spacial score (nSPS) is 17.4. The summed E-state index contributed by atoms with van der Waals surface area (Å²) in [5.41, 5.74) is -0.247. The number of rotatable bonds is 4. The van der Waals surface area contributed by atoms with Crippen molar-refractivity contribution < 1.29 is 18.3 Å². The molecule has 0 radical (unpaired) electrons. The van der Waals surface area contributed by atoms with Crippen LogP contribution < -0.4 is 10.2 Å². The predicted octanol–water partition coefficient (Wildman–Crippen LogP) is 3.02. The van der Waals surface area contributed by atoms with E-state index in [-0.39, 0.29) is 28.8 Å². The minimum Gasteiger partial charge on any atom is -0.490 e. The highest BCUT2D eigenvalue weighted by Crippen LogP contribution is 2.22. The number of likely N-dealkylation sites (tertiary alicyclic amines) is 1. The molecule has 2 aromatic rings. The maximum Gasteiger partial charge on any atom is 0.289 e. The van der Waals surface area contributed by atoms with Crippen molar-refractivity contribution in [1.82, 2.24) is 4.90 Å². The van der Waals surface area contributed by atoms with Gasteiger partial charge in [-0.25, -0.2) is 4.39 Å². The first-order chi connectivity index (χ1) is 12.0. The van der Waals surface area contributed by atoms with E-state index in [0.29, 0.717) is 25.5 Å².